The molecule has 1 unspecified atom stereocenters. The van der Waals surface area contributed by atoms with Crippen molar-refractivity contribution in [3.8, 4) is 5.75 Å². The summed E-state index contributed by atoms with van der Waals surface area (Å²) in [5.41, 5.74) is 2.64. The van der Waals surface area contributed by atoms with Gasteiger partial charge in [0.2, 0.25) is 0 Å². The van der Waals surface area contributed by atoms with Crippen LogP contribution in [0.5, 0.6) is 5.75 Å². The molecule has 0 N–H and O–H groups in total. The molecule has 6 nitrogen and oxygen atoms in total. The van der Waals surface area contributed by atoms with Gasteiger partial charge in [-0.1, -0.05) is 19.1 Å². The van der Waals surface area contributed by atoms with Gasteiger partial charge in [0.15, 0.2) is 5.76 Å². The number of benzene rings is 2. The van der Waals surface area contributed by atoms with E-state index >= 15 is 0 Å². The molecule has 1 atom stereocenters. The molecular formula is C22H24N2O4S2. The second-order valence-electron chi connectivity index (χ2n) is 7.41. The highest BCUT2D eigenvalue weighted by Gasteiger charge is 2.53. The largest absolute Gasteiger partial charge is 0.488 e. The smallest absolute Gasteiger partial charge is 0.294 e. The fraction of sp³-hybridized carbons (Fsp3) is 0.364. The lowest BCUT2D eigenvalue weighted by Gasteiger charge is -2.41. The minimum Gasteiger partial charge on any atom is -0.488 e. The van der Waals surface area contributed by atoms with Crippen LogP contribution in [0.25, 0.3) is 6.08 Å². The summed E-state index contributed by atoms with van der Waals surface area (Å²) < 4.78 is 12.9. The molecule has 4 rings (SSSR count). The van der Waals surface area contributed by atoms with Gasteiger partial charge in [-0.25, -0.2) is 0 Å². The highest BCUT2D eigenvalue weighted by molar-refractivity contribution is 8.01. The second-order valence-corrected chi connectivity index (χ2v) is 9.88. The summed E-state index contributed by atoms with van der Waals surface area (Å²) in [5.74, 6) is 2.89. The summed E-state index contributed by atoms with van der Waals surface area (Å²) >= 11 is 3.30. The number of nitro benzene ring substituents is 1. The molecule has 0 saturated carbocycles. The van der Waals surface area contributed by atoms with Crippen LogP contribution in [-0.4, -0.2) is 28.9 Å². The number of para-hydroxylation sites is 1. The molecule has 0 fully saturated rings. The Labute approximate surface area is 184 Å². The number of fused-ring (bicyclic) bond motifs is 2. The van der Waals surface area contributed by atoms with Gasteiger partial charge >= 0.3 is 0 Å². The van der Waals surface area contributed by atoms with E-state index in [0.29, 0.717) is 22.8 Å². The van der Waals surface area contributed by atoms with E-state index in [1.54, 1.807) is 35.7 Å². The molecule has 0 amide bonds. The Bertz CT molecular complexity index is 1020. The summed E-state index contributed by atoms with van der Waals surface area (Å²) in [5, 5.41) is 10.6. The lowest BCUT2D eigenvalue weighted by molar-refractivity contribution is -0.384. The van der Waals surface area contributed by atoms with Gasteiger partial charge in [0.25, 0.3) is 10.7 Å². The van der Waals surface area contributed by atoms with E-state index in [0.717, 1.165) is 21.9 Å². The molecule has 0 aromatic heterocycles. The molecule has 2 aromatic carbocycles. The molecule has 30 heavy (non-hydrogen) atoms. The first-order chi connectivity index (χ1) is 14.4. The minimum absolute atomic E-state index is 0.0650. The predicted molar refractivity (Wildman–Crippen MR) is 123 cm³/mol. The third-order valence-corrected chi connectivity index (χ3v) is 7.29. The van der Waals surface area contributed by atoms with E-state index in [1.165, 1.54) is 0 Å². The van der Waals surface area contributed by atoms with Crippen molar-refractivity contribution in [2.45, 2.75) is 42.6 Å². The van der Waals surface area contributed by atoms with Crippen LogP contribution in [0.4, 0.5) is 11.4 Å². The highest BCUT2D eigenvalue weighted by Crippen LogP contribution is 2.57. The van der Waals surface area contributed by atoms with E-state index in [9.17, 15) is 10.1 Å². The van der Waals surface area contributed by atoms with Gasteiger partial charge in [0.05, 0.1) is 16.7 Å². The Kier molecular flexibility index (Phi) is 5.63. The number of ether oxygens (including phenoxy) is 2. The molecule has 1 spiro atoms. The molecule has 2 aromatic rings. The van der Waals surface area contributed by atoms with Crippen molar-refractivity contribution in [2.75, 3.05) is 17.7 Å². The monoisotopic (exact) mass is 444 g/mol. The zero-order valence-corrected chi connectivity index (χ0v) is 19.0. The van der Waals surface area contributed by atoms with Crippen molar-refractivity contribution < 1.29 is 14.4 Å². The first-order valence-electron chi connectivity index (χ1n) is 9.84. The second kappa shape index (κ2) is 8.07. The summed E-state index contributed by atoms with van der Waals surface area (Å²) in [6.07, 6.45) is 1.84. The van der Waals surface area contributed by atoms with Crippen molar-refractivity contribution in [3.05, 3.63) is 63.4 Å². The van der Waals surface area contributed by atoms with Crippen molar-refractivity contribution in [1.82, 2.24) is 0 Å². The SMILES string of the molecule is CCSCc1cc([N+](=O)[O-])cc2c1OC1(Sc3ccccc3N1C)C(OC(C)C)=C2. The standard InChI is InChI=1S/C22H24N2O4S2/c1-5-29-13-16-11-17(24(25)26)10-15-12-20(27-14(2)3)22(28-21(15)16)23(4)18-8-6-7-9-19(18)30-22/h6-12,14H,5,13H2,1-4H3. The molecule has 2 aliphatic heterocycles. The predicted octanol–water partition coefficient (Wildman–Crippen LogP) is 5.90. The van der Waals surface area contributed by atoms with Crippen molar-refractivity contribution in [2.24, 2.45) is 0 Å². The Morgan fingerprint density at radius 2 is 2.10 bits per heavy atom. The number of nitro groups is 1. The minimum atomic E-state index is -0.886. The van der Waals surface area contributed by atoms with Crippen molar-refractivity contribution >= 4 is 41.0 Å². The summed E-state index contributed by atoms with van der Waals surface area (Å²) in [7, 11) is 1.99. The van der Waals surface area contributed by atoms with Crippen LogP contribution in [0.1, 0.15) is 31.9 Å². The van der Waals surface area contributed by atoms with E-state index in [1.807, 2.05) is 39.1 Å². The molecule has 8 heteroatoms. The zero-order chi connectivity index (χ0) is 21.5. The van der Waals surface area contributed by atoms with E-state index < -0.39 is 5.06 Å². The fourth-order valence-corrected chi connectivity index (χ4v) is 5.60. The van der Waals surface area contributed by atoms with Crippen LogP contribution < -0.4 is 9.64 Å². The van der Waals surface area contributed by atoms with Gasteiger partial charge in [-0.15, -0.1) is 0 Å². The molecule has 0 saturated heterocycles. The number of rotatable bonds is 6. The van der Waals surface area contributed by atoms with E-state index in [-0.39, 0.29) is 16.7 Å². The molecule has 2 heterocycles. The number of likely N-dealkylation sites (N-methyl/N-ethyl adjacent to an activating group) is 1. The highest BCUT2D eigenvalue weighted by atomic mass is 32.2. The maximum Gasteiger partial charge on any atom is 0.294 e. The Morgan fingerprint density at radius 3 is 2.77 bits per heavy atom. The topological polar surface area (TPSA) is 64.8 Å². The van der Waals surface area contributed by atoms with Gasteiger partial charge in [-0.2, -0.15) is 11.8 Å². The number of anilines is 1. The van der Waals surface area contributed by atoms with Gasteiger partial charge in [0, 0.05) is 41.0 Å². The normalized spacial score (nSPS) is 19.4. The number of hydrogen-bond donors (Lipinski definition) is 0. The van der Waals surface area contributed by atoms with E-state index in [4.69, 9.17) is 9.47 Å². The fourth-order valence-electron chi connectivity index (χ4n) is 3.64. The number of hydrogen-bond acceptors (Lipinski definition) is 7. The van der Waals surface area contributed by atoms with Crippen LogP contribution >= 0.6 is 23.5 Å². The average molecular weight is 445 g/mol. The quantitative estimate of drug-likeness (QED) is 0.406. The van der Waals surface area contributed by atoms with Crippen LogP contribution in [0.3, 0.4) is 0 Å². The lowest BCUT2D eigenvalue weighted by Crippen LogP contribution is -2.50. The molecule has 0 aliphatic carbocycles. The maximum atomic E-state index is 11.5. The van der Waals surface area contributed by atoms with Crippen LogP contribution in [0.15, 0.2) is 47.1 Å². The third kappa shape index (κ3) is 3.52. The summed E-state index contributed by atoms with van der Waals surface area (Å²) in [6.45, 7) is 6.00. The first kappa shape index (κ1) is 20.9. The Morgan fingerprint density at radius 1 is 1.33 bits per heavy atom. The molecular weight excluding hydrogens is 420 g/mol. The number of non-ortho nitro benzene ring substituents is 1. The molecule has 158 valence electrons. The molecule has 0 bridgehead atoms. The first-order valence-corrected chi connectivity index (χ1v) is 11.8. The molecule has 0 radical (unpaired) electrons. The van der Waals surface area contributed by atoms with Crippen molar-refractivity contribution in [1.29, 1.82) is 0 Å². The zero-order valence-electron chi connectivity index (χ0n) is 17.4. The van der Waals surface area contributed by atoms with Crippen LogP contribution in [-0.2, 0) is 10.5 Å². The van der Waals surface area contributed by atoms with Gasteiger partial charge in [-0.05, 0) is 49.6 Å². The van der Waals surface area contributed by atoms with E-state index in [2.05, 4.69) is 24.0 Å². The Balaban J connectivity index is 1.88. The van der Waals surface area contributed by atoms with Gasteiger partial charge in [0.1, 0.15) is 5.75 Å². The average Bonchev–Trinajstić information content (AvgIpc) is 2.99. The number of nitrogens with zero attached hydrogens (tertiary/aromatic N) is 2. The summed E-state index contributed by atoms with van der Waals surface area (Å²) in [4.78, 5) is 14.4. The number of thioether (sulfide) groups is 2. The Hall–Kier alpha value is -2.32. The third-order valence-electron chi connectivity index (χ3n) is 4.97. The summed E-state index contributed by atoms with van der Waals surface area (Å²) in [6, 6.07) is 11.3. The maximum absolute atomic E-state index is 11.5. The van der Waals surface area contributed by atoms with Crippen LogP contribution in [0.2, 0.25) is 0 Å². The van der Waals surface area contributed by atoms with Crippen LogP contribution in [0, 0.1) is 10.1 Å². The molecule has 2 aliphatic rings. The van der Waals surface area contributed by atoms with Crippen molar-refractivity contribution in [3.63, 3.8) is 0 Å². The lowest BCUT2D eigenvalue weighted by atomic mass is 10.0. The van der Waals surface area contributed by atoms with Gasteiger partial charge < -0.3 is 14.4 Å². The van der Waals surface area contributed by atoms with Gasteiger partial charge in [-0.3, -0.25) is 10.1 Å².